The number of rotatable bonds is 3. The fraction of sp³-hybridized carbons (Fsp3) is 0.222. The lowest BCUT2D eigenvalue weighted by atomic mass is 9.87. The molecule has 0 bridgehead atoms. The van der Waals surface area contributed by atoms with Gasteiger partial charge in [-0.1, -0.05) is 6.07 Å². The Morgan fingerprint density at radius 2 is 1.96 bits per heavy atom. The molecule has 1 fully saturated rings. The zero-order valence-corrected chi connectivity index (χ0v) is 13.0. The van der Waals surface area contributed by atoms with Crippen molar-refractivity contribution < 1.29 is 18.3 Å². The Kier molecular flexibility index (Phi) is 3.35. The topological polar surface area (TPSA) is 64.4 Å². The summed E-state index contributed by atoms with van der Waals surface area (Å²) in [7, 11) is 0. The van der Waals surface area contributed by atoms with Gasteiger partial charge in [-0.05, 0) is 43.3 Å². The second kappa shape index (κ2) is 5.42. The van der Waals surface area contributed by atoms with Gasteiger partial charge in [-0.3, -0.25) is 4.79 Å². The number of carbonyl (C=O) groups excluding carboxylic acids is 1. The first-order valence-electron chi connectivity index (χ1n) is 7.60. The van der Waals surface area contributed by atoms with Crippen molar-refractivity contribution in [3.63, 3.8) is 0 Å². The van der Waals surface area contributed by atoms with Gasteiger partial charge in [0, 0.05) is 11.3 Å². The molecule has 2 heterocycles. The maximum atomic E-state index is 13.7. The molecule has 122 valence electrons. The van der Waals surface area contributed by atoms with E-state index in [-0.39, 0.29) is 11.4 Å². The van der Waals surface area contributed by atoms with Gasteiger partial charge in [0.25, 0.3) is 0 Å². The van der Waals surface area contributed by atoms with Crippen molar-refractivity contribution >= 4 is 22.7 Å². The number of para-hydroxylation sites is 1. The van der Waals surface area contributed by atoms with Gasteiger partial charge in [-0.25, -0.2) is 9.37 Å². The summed E-state index contributed by atoms with van der Waals surface area (Å²) in [5.41, 5.74) is 1.54. The molecule has 5 nitrogen and oxygen atoms in total. The number of fused-ring (bicyclic) bond motifs is 1. The van der Waals surface area contributed by atoms with Crippen LogP contribution < -0.4 is 5.32 Å². The SMILES string of the molecule is CC1(C(=O)Nc2ccc(-c3nc4c(F)cccc4o3)cc2)COC1. The van der Waals surface area contributed by atoms with Crippen LogP contribution in [0.15, 0.2) is 46.9 Å². The highest BCUT2D eigenvalue weighted by atomic mass is 19.1. The third-order valence-corrected chi connectivity index (χ3v) is 4.15. The van der Waals surface area contributed by atoms with Gasteiger partial charge < -0.3 is 14.5 Å². The number of halogens is 1. The molecule has 2 aromatic carbocycles. The van der Waals surface area contributed by atoms with Gasteiger partial charge in [-0.2, -0.15) is 0 Å². The number of amides is 1. The monoisotopic (exact) mass is 326 g/mol. The van der Waals surface area contributed by atoms with Crippen molar-refractivity contribution in [1.29, 1.82) is 0 Å². The smallest absolute Gasteiger partial charge is 0.234 e. The van der Waals surface area contributed by atoms with E-state index in [1.807, 2.05) is 6.92 Å². The van der Waals surface area contributed by atoms with Gasteiger partial charge in [0.1, 0.15) is 5.52 Å². The van der Waals surface area contributed by atoms with Crippen LogP contribution in [0.2, 0.25) is 0 Å². The Balaban J connectivity index is 1.56. The zero-order chi connectivity index (χ0) is 16.7. The average Bonchev–Trinajstić information content (AvgIpc) is 2.99. The van der Waals surface area contributed by atoms with Crippen molar-refractivity contribution in [3.05, 3.63) is 48.3 Å². The van der Waals surface area contributed by atoms with Gasteiger partial charge in [0.15, 0.2) is 11.4 Å². The first kappa shape index (κ1) is 14.8. The third-order valence-electron chi connectivity index (χ3n) is 4.15. The molecular formula is C18H15FN2O3. The lowest BCUT2D eigenvalue weighted by molar-refractivity contribution is -0.151. The molecule has 1 amide bonds. The van der Waals surface area contributed by atoms with Crippen LogP contribution in [0.5, 0.6) is 0 Å². The number of aromatic nitrogens is 1. The van der Waals surface area contributed by atoms with E-state index in [1.165, 1.54) is 6.07 Å². The number of carbonyl (C=O) groups is 1. The molecule has 0 spiro atoms. The maximum absolute atomic E-state index is 13.7. The fourth-order valence-corrected chi connectivity index (χ4v) is 2.56. The summed E-state index contributed by atoms with van der Waals surface area (Å²) >= 11 is 0. The number of benzene rings is 2. The van der Waals surface area contributed by atoms with Crippen LogP contribution in [0.4, 0.5) is 10.1 Å². The molecule has 0 saturated carbocycles. The highest BCUT2D eigenvalue weighted by Crippen LogP contribution is 2.29. The molecule has 6 heteroatoms. The van der Waals surface area contributed by atoms with Gasteiger partial charge >= 0.3 is 0 Å². The Bertz CT molecular complexity index is 914. The maximum Gasteiger partial charge on any atom is 0.234 e. The molecule has 3 aromatic rings. The first-order chi connectivity index (χ1) is 11.5. The molecule has 24 heavy (non-hydrogen) atoms. The van der Waals surface area contributed by atoms with E-state index in [0.29, 0.717) is 35.9 Å². The molecule has 1 aliphatic rings. The minimum atomic E-state index is -0.462. The number of oxazole rings is 1. The lowest BCUT2D eigenvalue weighted by Crippen LogP contribution is -2.49. The average molecular weight is 326 g/mol. The van der Waals surface area contributed by atoms with Crippen molar-refractivity contribution in [1.82, 2.24) is 4.98 Å². The third kappa shape index (κ3) is 2.45. The molecule has 1 saturated heterocycles. The molecular weight excluding hydrogens is 311 g/mol. The van der Waals surface area contributed by atoms with Crippen LogP contribution >= 0.6 is 0 Å². The number of anilines is 1. The predicted octanol–water partition coefficient (Wildman–Crippen LogP) is 3.61. The van der Waals surface area contributed by atoms with Crippen LogP contribution in [0.3, 0.4) is 0 Å². The Morgan fingerprint density at radius 3 is 2.58 bits per heavy atom. The molecule has 0 unspecified atom stereocenters. The van der Waals surface area contributed by atoms with E-state index >= 15 is 0 Å². The fourth-order valence-electron chi connectivity index (χ4n) is 2.56. The second-order valence-electron chi connectivity index (χ2n) is 6.19. The molecule has 1 N–H and O–H groups in total. The molecule has 0 atom stereocenters. The first-order valence-corrected chi connectivity index (χ1v) is 7.60. The summed E-state index contributed by atoms with van der Waals surface area (Å²) in [4.78, 5) is 16.4. The lowest BCUT2D eigenvalue weighted by Gasteiger charge is -2.36. The number of nitrogens with zero attached hydrogens (tertiary/aromatic N) is 1. The van der Waals surface area contributed by atoms with Crippen LogP contribution in [0, 0.1) is 11.2 Å². The van der Waals surface area contributed by atoms with Crippen LogP contribution in [0.25, 0.3) is 22.6 Å². The highest BCUT2D eigenvalue weighted by Gasteiger charge is 2.41. The number of nitrogens with one attached hydrogen (secondary N) is 1. The van der Waals surface area contributed by atoms with E-state index in [9.17, 15) is 9.18 Å². The summed E-state index contributed by atoms with van der Waals surface area (Å²) in [6.07, 6.45) is 0. The molecule has 0 aliphatic carbocycles. The van der Waals surface area contributed by atoms with Crippen molar-refractivity contribution in [3.8, 4) is 11.5 Å². The Hall–Kier alpha value is -2.73. The predicted molar refractivity (Wildman–Crippen MR) is 87.0 cm³/mol. The van der Waals surface area contributed by atoms with Crippen molar-refractivity contribution in [2.75, 3.05) is 18.5 Å². The number of hydrogen-bond donors (Lipinski definition) is 1. The molecule has 0 radical (unpaired) electrons. The highest BCUT2D eigenvalue weighted by molar-refractivity contribution is 5.96. The normalized spacial score (nSPS) is 15.9. The molecule has 1 aromatic heterocycles. The molecule has 4 rings (SSSR count). The van der Waals surface area contributed by atoms with E-state index in [4.69, 9.17) is 9.15 Å². The van der Waals surface area contributed by atoms with E-state index in [0.717, 1.165) is 0 Å². The van der Waals surface area contributed by atoms with Gasteiger partial charge in [0.05, 0.1) is 18.6 Å². The quantitative estimate of drug-likeness (QED) is 0.798. The minimum Gasteiger partial charge on any atom is -0.436 e. The second-order valence-corrected chi connectivity index (χ2v) is 6.19. The zero-order valence-electron chi connectivity index (χ0n) is 13.0. The number of hydrogen-bond acceptors (Lipinski definition) is 4. The standard InChI is InChI=1S/C18H15FN2O3/c1-18(9-23-10-18)17(22)20-12-7-5-11(6-8-12)16-21-15-13(19)3-2-4-14(15)24-16/h2-8H,9-10H2,1H3,(H,20,22). The van der Waals surface area contributed by atoms with E-state index < -0.39 is 11.2 Å². The number of ether oxygens (including phenoxy) is 1. The molecule has 1 aliphatic heterocycles. The van der Waals surface area contributed by atoms with Crippen LogP contribution in [-0.2, 0) is 9.53 Å². The van der Waals surface area contributed by atoms with Crippen LogP contribution in [-0.4, -0.2) is 24.1 Å². The summed E-state index contributed by atoms with van der Waals surface area (Å²) in [5, 5.41) is 2.87. The van der Waals surface area contributed by atoms with Gasteiger partial charge in [-0.15, -0.1) is 0 Å². The summed E-state index contributed by atoms with van der Waals surface area (Å²) < 4.78 is 24.4. The van der Waals surface area contributed by atoms with E-state index in [2.05, 4.69) is 10.3 Å². The summed E-state index contributed by atoms with van der Waals surface area (Å²) in [6, 6.07) is 11.7. The van der Waals surface area contributed by atoms with Crippen molar-refractivity contribution in [2.24, 2.45) is 5.41 Å². The van der Waals surface area contributed by atoms with Crippen LogP contribution in [0.1, 0.15) is 6.92 Å². The van der Waals surface area contributed by atoms with Gasteiger partial charge in [0.2, 0.25) is 11.8 Å². The van der Waals surface area contributed by atoms with E-state index in [1.54, 1.807) is 36.4 Å². The Morgan fingerprint density at radius 1 is 1.21 bits per heavy atom. The van der Waals surface area contributed by atoms with Crippen molar-refractivity contribution in [2.45, 2.75) is 6.92 Å². The summed E-state index contributed by atoms with van der Waals surface area (Å²) in [6.45, 7) is 2.74. The minimum absolute atomic E-state index is 0.0644. The largest absolute Gasteiger partial charge is 0.436 e. The Labute approximate surface area is 137 Å². The summed E-state index contributed by atoms with van der Waals surface area (Å²) in [5.74, 6) is -0.139.